The normalized spacial score (nSPS) is 12.1. The highest BCUT2D eigenvalue weighted by Gasteiger charge is 2.29. The molecule has 1 aliphatic rings. The van der Waals surface area contributed by atoms with Crippen molar-refractivity contribution in [3.05, 3.63) is 59.7 Å². The summed E-state index contributed by atoms with van der Waals surface area (Å²) in [6.45, 7) is 27.0. The Morgan fingerprint density at radius 3 is 0.606 bits per heavy atom. The number of unbranched alkanes of at least 4 members (excludes halogenated alkanes) is 1. The number of carboxylic acids is 1. The molecule has 0 bridgehead atoms. The van der Waals surface area contributed by atoms with Crippen LogP contribution in [0.5, 0.6) is 0 Å². The molecule has 1 aliphatic carbocycles. The lowest BCUT2D eigenvalue weighted by molar-refractivity contribution is -0.138. The molecule has 0 spiro atoms. The van der Waals surface area contributed by atoms with Crippen molar-refractivity contribution in [2.75, 3.05) is 383 Å². The molecule has 0 saturated heterocycles. The molecule has 0 aliphatic heterocycles. The maximum Gasteiger partial charge on any atom is 0.407 e. The Kier molecular flexibility index (Phi) is 74.7. The van der Waals surface area contributed by atoms with Crippen molar-refractivity contribution >= 4 is 12.1 Å². The van der Waals surface area contributed by atoms with Gasteiger partial charge in [-0.15, -0.1) is 0 Å². The van der Waals surface area contributed by atoms with Crippen LogP contribution in [0.15, 0.2) is 48.5 Å². The van der Waals surface area contributed by atoms with Crippen LogP contribution in [-0.2, 0) is 142 Å². The second kappa shape index (κ2) is 82.1. The number of carbonyl (C=O) groups excluding carboxylic acids is 1. The molecule has 0 aromatic heterocycles. The number of carboxylic acid groups (broad SMARTS) is 1. The van der Waals surface area contributed by atoms with Gasteiger partial charge in [0, 0.05) is 19.1 Å². The third kappa shape index (κ3) is 67.1. The summed E-state index contributed by atoms with van der Waals surface area (Å²) in [6, 6.07) is 16.6. The van der Waals surface area contributed by atoms with Crippen LogP contribution in [0.25, 0.3) is 11.1 Å². The number of fused-ring (bicyclic) bond motifs is 3. The van der Waals surface area contributed by atoms with Gasteiger partial charge < -0.3 is 148 Å². The Labute approximate surface area is 646 Å². The summed E-state index contributed by atoms with van der Waals surface area (Å²) in [5.41, 5.74) is 4.81. The predicted molar refractivity (Wildman–Crippen MR) is 397 cm³/mol. The molecular formula is C76H133NO32. The topological polar surface area (TPSA) is 334 Å². The van der Waals surface area contributed by atoms with Crippen LogP contribution in [0.1, 0.15) is 36.3 Å². The molecule has 0 radical (unpaired) electrons. The lowest BCUT2D eigenvalue weighted by Crippen LogP contribution is -2.27. The molecule has 3 rings (SSSR count). The van der Waals surface area contributed by atoms with Crippen LogP contribution in [0.2, 0.25) is 0 Å². The minimum atomic E-state index is -0.881. The summed E-state index contributed by atoms with van der Waals surface area (Å²) in [7, 11) is 0. The number of nitrogens with one attached hydrogen (secondary N) is 1. The third-order valence-corrected chi connectivity index (χ3v) is 14.8. The Morgan fingerprint density at radius 2 is 0.413 bits per heavy atom. The monoisotopic (exact) mass is 1570 g/mol. The number of benzene rings is 2. The van der Waals surface area contributed by atoms with E-state index in [2.05, 4.69) is 29.6 Å². The Balaban J connectivity index is 0.835. The van der Waals surface area contributed by atoms with Gasteiger partial charge in [-0.25, -0.2) is 4.79 Å². The second-order valence-electron chi connectivity index (χ2n) is 23.2. The molecular weight excluding hydrogens is 1440 g/mol. The van der Waals surface area contributed by atoms with E-state index >= 15 is 0 Å². The minimum Gasteiger partial charge on any atom is -0.481 e. The molecule has 33 heteroatoms. The summed E-state index contributed by atoms with van der Waals surface area (Å²) in [5.74, 6) is -0.834. The van der Waals surface area contributed by atoms with Gasteiger partial charge >= 0.3 is 12.1 Å². The third-order valence-electron chi connectivity index (χ3n) is 14.8. The highest BCUT2D eigenvalue weighted by molar-refractivity contribution is 5.79. The average molecular weight is 1570 g/mol. The smallest absolute Gasteiger partial charge is 0.407 e. The quantitative estimate of drug-likeness (QED) is 0.0874. The average Bonchev–Trinajstić information content (AvgIpc) is 1.62. The maximum atomic E-state index is 12.4. The number of ether oxygens (including phenoxy) is 29. The van der Waals surface area contributed by atoms with E-state index in [0.717, 1.165) is 12.8 Å². The molecule has 109 heavy (non-hydrogen) atoms. The van der Waals surface area contributed by atoms with Crippen molar-refractivity contribution in [2.24, 2.45) is 0 Å². The van der Waals surface area contributed by atoms with E-state index in [-0.39, 0.29) is 18.9 Å². The zero-order valence-electron chi connectivity index (χ0n) is 64.9. The van der Waals surface area contributed by atoms with Gasteiger partial charge in [-0.3, -0.25) is 4.79 Å². The van der Waals surface area contributed by atoms with Crippen molar-refractivity contribution in [2.45, 2.75) is 25.2 Å². The first kappa shape index (κ1) is 99.3. The fraction of sp³-hybridized carbons (Fsp3) is 0.816. The Morgan fingerprint density at radius 1 is 0.239 bits per heavy atom. The number of rotatable bonds is 91. The van der Waals surface area contributed by atoms with Crippen LogP contribution in [0.3, 0.4) is 0 Å². The molecule has 2 N–H and O–H groups in total. The highest BCUT2D eigenvalue weighted by Crippen LogP contribution is 2.44. The summed E-state index contributed by atoms with van der Waals surface area (Å²) in [6.07, 6.45) is 1.21. The first-order chi connectivity index (χ1) is 54.2. The largest absolute Gasteiger partial charge is 0.481 e. The summed E-state index contributed by atoms with van der Waals surface area (Å²) >= 11 is 0. The predicted octanol–water partition coefficient (Wildman–Crippen LogP) is 4.24. The van der Waals surface area contributed by atoms with Crippen LogP contribution in [-0.4, -0.2) is 400 Å². The molecule has 33 nitrogen and oxygen atoms in total. The number of hydrogen-bond donors (Lipinski definition) is 2. The number of aliphatic carboxylic acids is 1. The fourth-order valence-corrected chi connectivity index (χ4v) is 9.37. The lowest BCUT2D eigenvalue weighted by atomic mass is 9.98. The van der Waals surface area contributed by atoms with Gasteiger partial charge in [-0.1, -0.05) is 48.5 Å². The van der Waals surface area contributed by atoms with Crippen molar-refractivity contribution in [3.8, 4) is 11.1 Å². The van der Waals surface area contributed by atoms with Crippen LogP contribution in [0, 0.1) is 0 Å². The van der Waals surface area contributed by atoms with Gasteiger partial charge in [0.1, 0.15) is 6.61 Å². The highest BCUT2D eigenvalue weighted by atomic mass is 16.6. The first-order valence-electron chi connectivity index (χ1n) is 38.6. The Hall–Kier alpha value is -3.94. The van der Waals surface area contributed by atoms with Gasteiger partial charge in [-0.05, 0) is 35.1 Å². The van der Waals surface area contributed by atoms with Crippen molar-refractivity contribution in [1.82, 2.24) is 5.32 Å². The summed E-state index contributed by atoms with van der Waals surface area (Å²) in [5, 5.41) is 11.4. The fourth-order valence-electron chi connectivity index (χ4n) is 9.37. The SMILES string of the molecule is O=C(O)CCOCCOCCOCCOCCOCCOCCOCCOCCOCCOCCOCCOCCOCCOCCOCCOCCOCCOCCOCCOCCOCCOCCOCCOCCOCCOCCOCCOCCCCNC(=O)OCC1c2ccccc2-c2ccccc21. The van der Waals surface area contributed by atoms with E-state index in [4.69, 9.17) is 142 Å². The van der Waals surface area contributed by atoms with Gasteiger partial charge in [-0.2, -0.15) is 0 Å². The van der Waals surface area contributed by atoms with Gasteiger partial charge in [0.15, 0.2) is 0 Å². The van der Waals surface area contributed by atoms with Crippen molar-refractivity contribution in [3.63, 3.8) is 0 Å². The first-order valence-corrected chi connectivity index (χ1v) is 38.6. The van der Waals surface area contributed by atoms with E-state index in [0.29, 0.717) is 377 Å². The summed E-state index contributed by atoms with van der Waals surface area (Å²) < 4.78 is 160. The van der Waals surface area contributed by atoms with Gasteiger partial charge in [0.2, 0.25) is 0 Å². The van der Waals surface area contributed by atoms with E-state index in [1.165, 1.54) is 22.3 Å². The number of amides is 1. The number of alkyl carbamates (subject to hydrolysis) is 1. The van der Waals surface area contributed by atoms with Crippen molar-refractivity contribution in [1.29, 1.82) is 0 Å². The van der Waals surface area contributed by atoms with E-state index in [1.54, 1.807) is 0 Å². The molecule has 0 unspecified atom stereocenters. The number of hydrogen-bond acceptors (Lipinski definition) is 31. The van der Waals surface area contributed by atoms with Crippen LogP contribution in [0.4, 0.5) is 4.79 Å². The molecule has 0 fully saturated rings. The lowest BCUT2D eigenvalue weighted by Gasteiger charge is -2.14. The molecule has 0 heterocycles. The van der Waals surface area contributed by atoms with Crippen LogP contribution < -0.4 is 5.32 Å². The molecule has 0 atom stereocenters. The summed E-state index contributed by atoms with van der Waals surface area (Å²) in [4.78, 5) is 22.7. The number of carbonyl (C=O) groups is 2. The molecule has 634 valence electrons. The molecule has 1 amide bonds. The van der Waals surface area contributed by atoms with E-state index in [1.807, 2.05) is 24.3 Å². The second-order valence-corrected chi connectivity index (χ2v) is 23.2. The molecule has 2 aromatic rings. The minimum absolute atomic E-state index is 0.0121. The van der Waals surface area contributed by atoms with E-state index in [9.17, 15) is 9.59 Å². The van der Waals surface area contributed by atoms with E-state index < -0.39 is 12.1 Å². The maximum absolute atomic E-state index is 12.4. The molecule has 2 aromatic carbocycles. The Bertz CT molecular complexity index is 2180. The standard InChI is InChI=1S/C76H133NO32/c78-75(79)11-14-82-16-18-84-20-22-86-24-26-88-28-30-90-32-34-92-36-38-94-40-42-96-44-46-98-48-50-100-52-54-102-56-58-104-60-62-106-64-66-108-68-67-107-65-63-105-61-59-103-57-55-101-53-51-99-49-47-97-45-43-95-41-39-93-37-35-91-33-31-89-29-27-87-25-23-85-21-19-83-17-15-81-13-6-5-12-77-76(80)109-69-74-72-9-3-1-7-70(72)71-8-2-4-10-73(71)74/h1-4,7-10,74H,5-6,11-69H2,(H,77,80)(H,78,79). The zero-order chi connectivity index (χ0) is 77.0. The van der Waals surface area contributed by atoms with Crippen LogP contribution >= 0.6 is 0 Å². The molecule has 0 saturated carbocycles. The van der Waals surface area contributed by atoms with Gasteiger partial charge in [0.25, 0.3) is 0 Å². The zero-order valence-corrected chi connectivity index (χ0v) is 64.9. The van der Waals surface area contributed by atoms with Crippen molar-refractivity contribution < 1.29 is 152 Å². The van der Waals surface area contributed by atoms with Gasteiger partial charge in [0.05, 0.1) is 370 Å².